The van der Waals surface area contributed by atoms with Gasteiger partial charge in [-0.1, -0.05) is 24.3 Å². The van der Waals surface area contributed by atoms with Crippen molar-refractivity contribution >= 4 is 14.5 Å². The van der Waals surface area contributed by atoms with Crippen molar-refractivity contribution in [3.05, 3.63) is 29.8 Å². The highest BCUT2D eigenvalue weighted by atomic mass is 28.3. The second kappa shape index (κ2) is 6.18. The summed E-state index contributed by atoms with van der Waals surface area (Å²) in [6, 6.07) is 8.30. The maximum Gasteiger partial charge on any atom is 0.424 e. The van der Waals surface area contributed by atoms with Crippen molar-refractivity contribution in [3.63, 3.8) is 0 Å². The molecule has 1 aromatic carbocycles. The van der Waals surface area contributed by atoms with Gasteiger partial charge in [-0.05, 0) is 45.4 Å². The van der Waals surface area contributed by atoms with Crippen LogP contribution in [0.3, 0.4) is 0 Å². The van der Waals surface area contributed by atoms with Crippen molar-refractivity contribution in [2.24, 2.45) is 0 Å². The first-order valence-electron chi connectivity index (χ1n) is 5.77. The van der Waals surface area contributed by atoms with E-state index in [1.807, 2.05) is 39.8 Å². The average molecular weight is 237 g/mol. The van der Waals surface area contributed by atoms with Gasteiger partial charge in [-0.15, -0.1) is 0 Å². The molecule has 16 heavy (non-hydrogen) atoms. The SMILES string of the molecule is Cc1ccccc1[Si](OC(C)C)OC(C)C. The van der Waals surface area contributed by atoms with Gasteiger partial charge in [0.1, 0.15) is 0 Å². The molecule has 0 aromatic heterocycles. The summed E-state index contributed by atoms with van der Waals surface area (Å²) < 4.78 is 11.8. The van der Waals surface area contributed by atoms with Crippen LogP contribution in [-0.2, 0) is 8.85 Å². The standard InChI is InChI=1S/C13H21O2Si/c1-10(2)14-16(15-11(3)4)13-9-7-6-8-12(13)5/h6-11H,1-5H3. The zero-order chi connectivity index (χ0) is 12.1. The summed E-state index contributed by atoms with van der Waals surface area (Å²) in [6.45, 7) is 10.3. The van der Waals surface area contributed by atoms with E-state index in [4.69, 9.17) is 8.85 Å². The highest BCUT2D eigenvalue weighted by Gasteiger charge is 2.23. The predicted octanol–water partition coefficient (Wildman–Crippen LogP) is 2.54. The Labute approximate surface area is 100 Å². The second-order valence-corrected chi connectivity index (χ2v) is 6.02. The van der Waals surface area contributed by atoms with Gasteiger partial charge < -0.3 is 8.85 Å². The molecule has 0 amide bonds. The third-order valence-corrected chi connectivity index (χ3v) is 4.42. The van der Waals surface area contributed by atoms with E-state index in [1.54, 1.807) is 0 Å². The maximum absolute atomic E-state index is 5.91. The molecule has 0 fully saturated rings. The summed E-state index contributed by atoms with van der Waals surface area (Å²) in [4.78, 5) is 0. The molecule has 0 saturated carbocycles. The molecule has 1 aromatic rings. The predicted molar refractivity (Wildman–Crippen MR) is 69.0 cm³/mol. The Kier molecular flexibility index (Phi) is 5.18. The van der Waals surface area contributed by atoms with Crippen molar-refractivity contribution in [2.45, 2.75) is 46.8 Å². The van der Waals surface area contributed by atoms with Crippen LogP contribution in [0.15, 0.2) is 24.3 Å². The third-order valence-electron chi connectivity index (χ3n) is 2.05. The van der Waals surface area contributed by atoms with Crippen molar-refractivity contribution in [2.75, 3.05) is 0 Å². The first-order chi connectivity index (χ1) is 7.50. The number of rotatable bonds is 5. The molecule has 0 atom stereocenters. The molecule has 1 rings (SSSR count). The molecular formula is C13H21O2Si. The molecule has 0 N–H and O–H groups in total. The van der Waals surface area contributed by atoms with E-state index >= 15 is 0 Å². The van der Waals surface area contributed by atoms with Crippen LogP contribution in [0.2, 0.25) is 0 Å². The summed E-state index contributed by atoms with van der Waals surface area (Å²) in [5, 5.41) is 1.22. The Bertz CT molecular complexity index is 313. The fourth-order valence-corrected chi connectivity index (χ4v) is 3.19. The Morgan fingerprint density at radius 3 is 1.88 bits per heavy atom. The molecule has 3 heteroatoms. The molecule has 0 heterocycles. The van der Waals surface area contributed by atoms with Crippen LogP contribution in [-0.4, -0.2) is 21.5 Å². The Hall–Kier alpha value is -0.643. The molecule has 0 aliphatic carbocycles. The molecule has 89 valence electrons. The van der Waals surface area contributed by atoms with E-state index in [2.05, 4.69) is 19.1 Å². The van der Waals surface area contributed by atoms with Gasteiger partial charge >= 0.3 is 9.28 Å². The largest absolute Gasteiger partial charge is 0.424 e. The minimum absolute atomic E-state index is 0.201. The van der Waals surface area contributed by atoms with Crippen LogP contribution in [0.4, 0.5) is 0 Å². The highest BCUT2D eigenvalue weighted by molar-refractivity contribution is 6.61. The van der Waals surface area contributed by atoms with Gasteiger partial charge in [0.25, 0.3) is 0 Å². The Morgan fingerprint density at radius 1 is 0.938 bits per heavy atom. The topological polar surface area (TPSA) is 18.5 Å². The molecule has 2 nitrogen and oxygen atoms in total. The van der Waals surface area contributed by atoms with E-state index in [1.165, 1.54) is 10.8 Å². The maximum atomic E-state index is 5.91. The third kappa shape index (κ3) is 4.08. The quantitative estimate of drug-likeness (QED) is 0.733. The monoisotopic (exact) mass is 237 g/mol. The Morgan fingerprint density at radius 2 is 1.44 bits per heavy atom. The summed E-state index contributed by atoms with van der Waals surface area (Å²) in [7, 11) is -1.35. The highest BCUT2D eigenvalue weighted by Crippen LogP contribution is 2.04. The molecular weight excluding hydrogens is 216 g/mol. The molecule has 1 radical (unpaired) electrons. The molecule has 0 aliphatic heterocycles. The van der Waals surface area contributed by atoms with E-state index in [9.17, 15) is 0 Å². The van der Waals surface area contributed by atoms with Gasteiger partial charge in [0.15, 0.2) is 0 Å². The fraction of sp³-hybridized carbons (Fsp3) is 0.538. The minimum atomic E-state index is -1.35. The van der Waals surface area contributed by atoms with Crippen LogP contribution in [0.25, 0.3) is 0 Å². The average Bonchev–Trinajstić information content (AvgIpc) is 2.15. The molecule has 0 saturated heterocycles. The van der Waals surface area contributed by atoms with E-state index in [0.717, 1.165) is 0 Å². The van der Waals surface area contributed by atoms with Gasteiger partial charge in [0.05, 0.1) is 0 Å². The number of hydrogen-bond donors (Lipinski definition) is 0. The lowest BCUT2D eigenvalue weighted by Gasteiger charge is -2.21. The second-order valence-electron chi connectivity index (χ2n) is 4.44. The van der Waals surface area contributed by atoms with Gasteiger partial charge in [-0.25, -0.2) is 0 Å². The van der Waals surface area contributed by atoms with Crippen LogP contribution in [0, 0.1) is 6.92 Å². The molecule has 0 bridgehead atoms. The summed E-state index contributed by atoms with van der Waals surface area (Å²) in [5.41, 5.74) is 1.25. The molecule has 0 aliphatic rings. The summed E-state index contributed by atoms with van der Waals surface area (Å²) in [5.74, 6) is 0. The van der Waals surface area contributed by atoms with Crippen molar-refractivity contribution in [3.8, 4) is 0 Å². The fourth-order valence-electron chi connectivity index (χ4n) is 1.38. The van der Waals surface area contributed by atoms with Crippen molar-refractivity contribution in [1.82, 2.24) is 0 Å². The normalized spacial score (nSPS) is 11.8. The zero-order valence-corrected chi connectivity index (χ0v) is 11.8. The van der Waals surface area contributed by atoms with Crippen LogP contribution in [0.1, 0.15) is 33.3 Å². The summed E-state index contributed by atoms with van der Waals surface area (Å²) >= 11 is 0. The summed E-state index contributed by atoms with van der Waals surface area (Å²) in [6.07, 6.45) is 0.402. The van der Waals surface area contributed by atoms with Gasteiger partial charge in [0, 0.05) is 12.2 Å². The van der Waals surface area contributed by atoms with Crippen molar-refractivity contribution < 1.29 is 8.85 Å². The van der Waals surface area contributed by atoms with E-state index < -0.39 is 9.28 Å². The van der Waals surface area contributed by atoms with Gasteiger partial charge in [-0.2, -0.15) is 0 Å². The zero-order valence-electron chi connectivity index (χ0n) is 10.8. The first kappa shape index (κ1) is 13.4. The minimum Gasteiger partial charge on any atom is -0.387 e. The first-order valence-corrected chi connectivity index (χ1v) is 7.08. The van der Waals surface area contributed by atoms with Crippen LogP contribution >= 0.6 is 0 Å². The van der Waals surface area contributed by atoms with Gasteiger partial charge in [0.2, 0.25) is 0 Å². The number of benzene rings is 1. The van der Waals surface area contributed by atoms with Crippen LogP contribution in [0.5, 0.6) is 0 Å². The lowest BCUT2D eigenvalue weighted by Crippen LogP contribution is -2.42. The Balaban J connectivity index is 2.87. The number of aryl methyl sites for hydroxylation is 1. The van der Waals surface area contributed by atoms with E-state index in [0.29, 0.717) is 0 Å². The number of hydrogen-bond acceptors (Lipinski definition) is 2. The lowest BCUT2D eigenvalue weighted by molar-refractivity contribution is 0.139. The molecule has 0 spiro atoms. The smallest absolute Gasteiger partial charge is 0.387 e. The van der Waals surface area contributed by atoms with Crippen LogP contribution < -0.4 is 5.19 Å². The van der Waals surface area contributed by atoms with Crippen molar-refractivity contribution in [1.29, 1.82) is 0 Å². The molecule has 0 unspecified atom stereocenters. The van der Waals surface area contributed by atoms with Gasteiger partial charge in [-0.3, -0.25) is 0 Å². The van der Waals surface area contributed by atoms with E-state index in [-0.39, 0.29) is 12.2 Å². The lowest BCUT2D eigenvalue weighted by atomic mass is 10.2.